The number of benzene rings is 1. The third-order valence-electron chi connectivity index (χ3n) is 3.96. The van der Waals surface area contributed by atoms with Gasteiger partial charge in [0.15, 0.2) is 11.9 Å². The number of carbonyl (C=O) groups is 1. The summed E-state index contributed by atoms with van der Waals surface area (Å²) in [7, 11) is 0. The Labute approximate surface area is 135 Å². The summed E-state index contributed by atoms with van der Waals surface area (Å²) in [5.74, 6) is 0.769. The molecule has 23 heavy (non-hydrogen) atoms. The molecule has 3 rings (SSSR count). The molecule has 0 spiro atoms. The zero-order valence-corrected chi connectivity index (χ0v) is 13.2. The second-order valence-corrected chi connectivity index (χ2v) is 5.78. The molecule has 1 saturated carbocycles. The fourth-order valence-corrected chi connectivity index (χ4v) is 2.81. The van der Waals surface area contributed by atoms with Gasteiger partial charge in [-0.25, -0.2) is 0 Å². The minimum atomic E-state index is -0.604. The van der Waals surface area contributed by atoms with Gasteiger partial charge in [0.1, 0.15) is 0 Å². The fourth-order valence-electron chi connectivity index (χ4n) is 2.81. The van der Waals surface area contributed by atoms with Crippen LogP contribution in [0.2, 0.25) is 0 Å². The molecule has 0 radical (unpaired) electrons. The molecule has 0 bridgehead atoms. The molecule has 6 nitrogen and oxygen atoms in total. The largest absolute Gasteiger partial charge is 0.360 e. The first-order valence-corrected chi connectivity index (χ1v) is 7.99. The number of hydrogen-bond donors (Lipinski definition) is 1. The SMILES string of the molecule is Cc1nc(CNC(=O)C(OC2CCCC2)c2ccccc2)no1. The molecule has 1 aliphatic rings. The first kappa shape index (κ1) is 15.7. The summed E-state index contributed by atoms with van der Waals surface area (Å²) >= 11 is 0. The number of amides is 1. The molecule has 0 saturated heterocycles. The van der Waals surface area contributed by atoms with Gasteiger partial charge in [-0.1, -0.05) is 48.3 Å². The van der Waals surface area contributed by atoms with Crippen molar-refractivity contribution in [3.05, 3.63) is 47.6 Å². The van der Waals surface area contributed by atoms with E-state index < -0.39 is 6.10 Å². The van der Waals surface area contributed by atoms with E-state index in [1.165, 1.54) is 0 Å². The van der Waals surface area contributed by atoms with E-state index in [2.05, 4.69) is 15.5 Å². The standard InChI is InChI=1S/C17H21N3O3/c1-12-19-15(20-23-12)11-18-17(21)16(13-7-3-2-4-8-13)22-14-9-5-6-10-14/h2-4,7-8,14,16H,5-6,9-11H2,1H3,(H,18,21). The molecule has 1 fully saturated rings. The molecule has 1 atom stereocenters. The topological polar surface area (TPSA) is 77.2 Å². The van der Waals surface area contributed by atoms with Gasteiger partial charge in [0, 0.05) is 6.92 Å². The van der Waals surface area contributed by atoms with Gasteiger partial charge in [-0.2, -0.15) is 4.98 Å². The Balaban J connectivity index is 1.67. The van der Waals surface area contributed by atoms with E-state index in [0.29, 0.717) is 11.7 Å². The fraction of sp³-hybridized carbons (Fsp3) is 0.471. The van der Waals surface area contributed by atoms with Crippen LogP contribution in [0.3, 0.4) is 0 Å². The van der Waals surface area contributed by atoms with Gasteiger partial charge in [-0.15, -0.1) is 0 Å². The average molecular weight is 315 g/mol. The van der Waals surface area contributed by atoms with Crippen LogP contribution in [0.5, 0.6) is 0 Å². The van der Waals surface area contributed by atoms with Crippen LogP contribution in [0, 0.1) is 6.92 Å². The van der Waals surface area contributed by atoms with Crippen LogP contribution in [0.4, 0.5) is 0 Å². The highest BCUT2D eigenvalue weighted by Gasteiger charge is 2.27. The van der Waals surface area contributed by atoms with Crippen molar-refractivity contribution in [1.29, 1.82) is 0 Å². The highest BCUT2D eigenvalue weighted by Crippen LogP contribution is 2.28. The Morgan fingerprint density at radius 2 is 2.09 bits per heavy atom. The van der Waals surface area contributed by atoms with Gasteiger partial charge in [-0.05, 0) is 18.4 Å². The van der Waals surface area contributed by atoms with E-state index in [1.807, 2.05) is 30.3 Å². The molecule has 1 heterocycles. The van der Waals surface area contributed by atoms with Crippen molar-refractivity contribution in [2.24, 2.45) is 0 Å². The van der Waals surface area contributed by atoms with Crippen LogP contribution in [-0.2, 0) is 16.1 Å². The van der Waals surface area contributed by atoms with Crippen molar-refractivity contribution in [2.75, 3.05) is 0 Å². The quantitative estimate of drug-likeness (QED) is 0.887. The molecule has 0 aliphatic heterocycles. The molecule has 1 amide bonds. The molecule has 6 heteroatoms. The van der Waals surface area contributed by atoms with Crippen LogP contribution < -0.4 is 5.32 Å². The molecule has 1 aromatic heterocycles. The first-order valence-electron chi connectivity index (χ1n) is 7.99. The van der Waals surface area contributed by atoms with Crippen molar-refractivity contribution in [2.45, 2.75) is 51.4 Å². The predicted molar refractivity (Wildman–Crippen MR) is 83.4 cm³/mol. The molecule has 1 N–H and O–H groups in total. The maximum Gasteiger partial charge on any atom is 0.254 e. The number of aromatic nitrogens is 2. The minimum Gasteiger partial charge on any atom is -0.360 e. The molecule has 1 aromatic carbocycles. The summed E-state index contributed by atoms with van der Waals surface area (Å²) in [6.45, 7) is 1.95. The van der Waals surface area contributed by atoms with Crippen molar-refractivity contribution >= 4 is 5.91 Å². The second-order valence-electron chi connectivity index (χ2n) is 5.78. The van der Waals surface area contributed by atoms with E-state index in [1.54, 1.807) is 6.92 Å². The number of carbonyl (C=O) groups excluding carboxylic acids is 1. The van der Waals surface area contributed by atoms with Crippen LogP contribution in [-0.4, -0.2) is 22.2 Å². The lowest BCUT2D eigenvalue weighted by Crippen LogP contribution is -2.32. The Hall–Kier alpha value is -2.21. The van der Waals surface area contributed by atoms with Gasteiger partial charge in [-0.3, -0.25) is 4.79 Å². The monoisotopic (exact) mass is 315 g/mol. The third-order valence-corrected chi connectivity index (χ3v) is 3.96. The zero-order chi connectivity index (χ0) is 16.1. The van der Waals surface area contributed by atoms with Crippen molar-refractivity contribution < 1.29 is 14.1 Å². The maximum absolute atomic E-state index is 12.6. The molecular weight excluding hydrogens is 294 g/mol. The molecular formula is C17H21N3O3. The Bertz CT molecular complexity index is 636. The lowest BCUT2D eigenvalue weighted by Gasteiger charge is -2.21. The van der Waals surface area contributed by atoms with Gasteiger partial charge in [0.2, 0.25) is 5.89 Å². The van der Waals surface area contributed by atoms with E-state index >= 15 is 0 Å². The highest BCUT2D eigenvalue weighted by atomic mass is 16.5. The van der Waals surface area contributed by atoms with E-state index in [9.17, 15) is 4.79 Å². The predicted octanol–water partition coefficient (Wildman–Crippen LogP) is 2.69. The lowest BCUT2D eigenvalue weighted by atomic mass is 10.1. The van der Waals surface area contributed by atoms with E-state index in [4.69, 9.17) is 9.26 Å². The van der Waals surface area contributed by atoms with Gasteiger partial charge >= 0.3 is 0 Å². The average Bonchev–Trinajstić information content (AvgIpc) is 3.23. The number of rotatable bonds is 6. The molecule has 1 unspecified atom stereocenters. The summed E-state index contributed by atoms with van der Waals surface area (Å²) in [5.41, 5.74) is 0.862. The summed E-state index contributed by atoms with van der Waals surface area (Å²) in [6.07, 6.45) is 3.90. The summed E-state index contributed by atoms with van der Waals surface area (Å²) in [4.78, 5) is 16.7. The van der Waals surface area contributed by atoms with E-state index in [0.717, 1.165) is 31.2 Å². The Kier molecular flexibility index (Phi) is 5.02. The van der Waals surface area contributed by atoms with Crippen molar-refractivity contribution in [3.8, 4) is 0 Å². The Morgan fingerprint density at radius 3 is 2.74 bits per heavy atom. The maximum atomic E-state index is 12.6. The number of aryl methyl sites for hydroxylation is 1. The number of nitrogens with one attached hydrogen (secondary N) is 1. The summed E-state index contributed by atoms with van der Waals surface area (Å²) in [6, 6.07) is 9.58. The van der Waals surface area contributed by atoms with Crippen LogP contribution in [0.15, 0.2) is 34.9 Å². The van der Waals surface area contributed by atoms with Crippen LogP contribution in [0.25, 0.3) is 0 Å². The van der Waals surface area contributed by atoms with Crippen molar-refractivity contribution in [1.82, 2.24) is 15.5 Å². The van der Waals surface area contributed by atoms with E-state index in [-0.39, 0.29) is 18.6 Å². The van der Waals surface area contributed by atoms with Crippen molar-refractivity contribution in [3.63, 3.8) is 0 Å². The molecule has 1 aliphatic carbocycles. The zero-order valence-electron chi connectivity index (χ0n) is 13.2. The normalized spacial score (nSPS) is 16.4. The highest BCUT2D eigenvalue weighted by molar-refractivity contribution is 5.82. The Morgan fingerprint density at radius 1 is 1.35 bits per heavy atom. The van der Waals surface area contributed by atoms with Crippen LogP contribution >= 0.6 is 0 Å². The minimum absolute atomic E-state index is 0.151. The molecule has 2 aromatic rings. The lowest BCUT2D eigenvalue weighted by molar-refractivity contribution is -0.137. The second kappa shape index (κ2) is 7.37. The number of ether oxygens (including phenoxy) is 1. The summed E-state index contributed by atoms with van der Waals surface area (Å²) in [5, 5.41) is 6.62. The first-order chi connectivity index (χ1) is 11.2. The van der Waals surface area contributed by atoms with Gasteiger partial charge in [0.05, 0.1) is 12.6 Å². The number of nitrogens with zero attached hydrogens (tertiary/aromatic N) is 2. The number of hydrogen-bond acceptors (Lipinski definition) is 5. The third kappa shape index (κ3) is 4.16. The van der Waals surface area contributed by atoms with Gasteiger partial charge in [0.25, 0.3) is 5.91 Å². The molecule has 122 valence electrons. The smallest absolute Gasteiger partial charge is 0.254 e. The van der Waals surface area contributed by atoms with Gasteiger partial charge < -0.3 is 14.6 Å². The van der Waals surface area contributed by atoms with Crippen LogP contribution in [0.1, 0.15) is 49.1 Å². The summed E-state index contributed by atoms with van der Waals surface area (Å²) < 4.78 is 11.0.